The summed E-state index contributed by atoms with van der Waals surface area (Å²) in [6.07, 6.45) is 0. The van der Waals surface area contributed by atoms with E-state index in [1.165, 1.54) is 0 Å². The number of aromatic nitrogens is 1. The molecule has 0 amide bonds. The minimum atomic E-state index is 0.208. The van der Waals surface area contributed by atoms with Crippen LogP contribution in [0.15, 0.2) is 45.3 Å². The predicted molar refractivity (Wildman–Crippen MR) is 93.7 cm³/mol. The quantitative estimate of drug-likeness (QED) is 0.702. The third kappa shape index (κ3) is 2.73. The first-order valence-electron chi connectivity index (χ1n) is 7.04. The predicted octanol–water partition coefficient (Wildman–Crippen LogP) is 4.84. The first-order valence-corrected chi connectivity index (χ1v) is 7.83. The number of halogens is 1. The summed E-state index contributed by atoms with van der Waals surface area (Å²) in [5.74, 6) is 1.62. The van der Waals surface area contributed by atoms with Crippen LogP contribution in [-0.2, 0) is 0 Å². The molecule has 0 unspecified atom stereocenters. The van der Waals surface area contributed by atoms with Crippen LogP contribution in [0.5, 0.6) is 0 Å². The molecule has 2 aromatic heterocycles. The molecule has 0 aliphatic heterocycles. The SMILES string of the molecule is Cc1ccc(-c2c(C)c(-c3ccc(Br)cc3)nc(N)c2C#N)o1. The highest BCUT2D eigenvalue weighted by atomic mass is 79.9. The normalized spacial score (nSPS) is 10.5. The highest BCUT2D eigenvalue weighted by Gasteiger charge is 2.20. The van der Waals surface area contributed by atoms with Gasteiger partial charge in [0.1, 0.15) is 29.0 Å². The first-order chi connectivity index (χ1) is 11.0. The molecule has 2 N–H and O–H groups in total. The fourth-order valence-corrected chi connectivity index (χ4v) is 2.84. The summed E-state index contributed by atoms with van der Waals surface area (Å²) in [5.41, 5.74) is 9.63. The Kier molecular flexibility index (Phi) is 3.93. The van der Waals surface area contributed by atoms with Gasteiger partial charge in [-0.25, -0.2) is 4.98 Å². The second kappa shape index (κ2) is 5.90. The zero-order valence-corrected chi connectivity index (χ0v) is 14.3. The lowest BCUT2D eigenvalue weighted by molar-refractivity contribution is 0.548. The summed E-state index contributed by atoms with van der Waals surface area (Å²) < 4.78 is 6.70. The van der Waals surface area contributed by atoms with Crippen LogP contribution in [0.1, 0.15) is 16.9 Å². The highest BCUT2D eigenvalue weighted by molar-refractivity contribution is 9.10. The van der Waals surface area contributed by atoms with Gasteiger partial charge in [0.2, 0.25) is 0 Å². The van der Waals surface area contributed by atoms with Gasteiger partial charge in [-0.1, -0.05) is 28.1 Å². The van der Waals surface area contributed by atoms with Crippen LogP contribution in [0, 0.1) is 25.2 Å². The maximum Gasteiger partial charge on any atom is 0.142 e. The van der Waals surface area contributed by atoms with Crippen molar-refractivity contribution in [2.75, 3.05) is 5.73 Å². The second-order valence-corrected chi connectivity index (χ2v) is 6.17. The number of anilines is 1. The fraction of sp³-hybridized carbons (Fsp3) is 0.111. The van der Waals surface area contributed by atoms with Gasteiger partial charge in [-0.15, -0.1) is 0 Å². The maximum atomic E-state index is 9.47. The lowest BCUT2D eigenvalue weighted by Crippen LogP contribution is -2.02. The van der Waals surface area contributed by atoms with E-state index >= 15 is 0 Å². The molecule has 1 aromatic carbocycles. The van der Waals surface area contributed by atoms with Crippen LogP contribution < -0.4 is 5.73 Å². The topological polar surface area (TPSA) is 75.8 Å². The number of aryl methyl sites for hydroxylation is 1. The largest absolute Gasteiger partial charge is 0.461 e. The fourth-order valence-electron chi connectivity index (χ4n) is 2.57. The van der Waals surface area contributed by atoms with Crippen LogP contribution in [0.25, 0.3) is 22.6 Å². The Morgan fingerprint density at radius 1 is 1.13 bits per heavy atom. The molecule has 2 heterocycles. The van der Waals surface area contributed by atoms with Gasteiger partial charge in [-0.05, 0) is 43.7 Å². The Morgan fingerprint density at radius 3 is 2.39 bits per heavy atom. The molecule has 0 aliphatic rings. The van der Waals surface area contributed by atoms with Gasteiger partial charge in [0, 0.05) is 15.6 Å². The molecular formula is C18H14BrN3O. The van der Waals surface area contributed by atoms with Crippen LogP contribution in [0.4, 0.5) is 5.82 Å². The standard InChI is InChI=1S/C18H14BrN3O/c1-10-3-8-15(23-10)16-11(2)17(22-18(21)14(16)9-20)12-4-6-13(19)7-5-12/h3-8H,1-2H3,(H2,21,22). The molecule has 114 valence electrons. The Balaban J connectivity index is 2.30. The zero-order valence-electron chi connectivity index (χ0n) is 12.7. The Hall–Kier alpha value is -2.58. The Bertz CT molecular complexity index is 921. The maximum absolute atomic E-state index is 9.47. The minimum Gasteiger partial charge on any atom is -0.461 e. The van der Waals surface area contributed by atoms with Gasteiger partial charge in [-0.3, -0.25) is 0 Å². The van der Waals surface area contributed by atoms with Crippen molar-refractivity contribution < 1.29 is 4.42 Å². The molecule has 0 saturated heterocycles. The van der Waals surface area contributed by atoms with Crippen molar-refractivity contribution >= 4 is 21.7 Å². The molecule has 0 radical (unpaired) electrons. The second-order valence-electron chi connectivity index (χ2n) is 5.25. The summed E-state index contributed by atoms with van der Waals surface area (Å²) in [5, 5.41) is 9.47. The molecular weight excluding hydrogens is 354 g/mol. The number of pyridine rings is 1. The number of benzene rings is 1. The van der Waals surface area contributed by atoms with Gasteiger partial charge in [0.05, 0.1) is 5.69 Å². The van der Waals surface area contributed by atoms with E-state index in [0.717, 1.165) is 27.1 Å². The van der Waals surface area contributed by atoms with E-state index in [1.54, 1.807) is 0 Å². The number of nitrogen functional groups attached to an aromatic ring is 1. The molecule has 3 aromatic rings. The summed E-state index contributed by atoms with van der Waals surface area (Å²) in [6.45, 7) is 3.79. The van der Waals surface area contributed by atoms with Gasteiger partial charge in [0.15, 0.2) is 0 Å². The van der Waals surface area contributed by atoms with Crippen LogP contribution in [0.3, 0.4) is 0 Å². The van der Waals surface area contributed by atoms with Gasteiger partial charge in [-0.2, -0.15) is 5.26 Å². The third-order valence-corrected chi connectivity index (χ3v) is 4.21. The molecule has 0 bridgehead atoms. The Morgan fingerprint density at radius 2 is 1.83 bits per heavy atom. The van der Waals surface area contributed by atoms with Crippen molar-refractivity contribution in [2.45, 2.75) is 13.8 Å². The van der Waals surface area contributed by atoms with Crippen molar-refractivity contribution in [1.82, 2.24) is 4.98 Å². The summed E-state index contributed by atoms with van der Waals surface area (Å²) in [4.78, 5) is 4.43. The number of nitrogens with two attached hydrogens (primary N) is 1. The zero-order chi connectivity index (χ0) is 16.6. The van der Waals surface area contributed by atoms with Crippen LogP contribution >= 0.6 is 15.9 Å². The molecule has 0 fully saturated rings. The molecule has 5 heteroatoms. The molecule has 23 heavy (non-hydrogen) atoms. The lowest BCUT2D eigenvalue weighted by Gasteiger charge is -2.13. The summed E-state index contributed by atoms with van der Waals surface area (Å²) in [6, 6.07) is 13.7. The number of hydrogen-bond donors (Lipinski definition) is 1. The minimum absolute atomic E-state index is 0.208. The first kappa shape index (κ1) is 15.3. The van der Waals surface area contributed by atoms with Crippen molar-refractivity contribution in [1.29, 1.82) is 5.26 Å². The number of rotatable bonds is 2. The third-order valence-electron chi connectivity index (χ3n) is 3.68. The summed E-state index contributed by atoms with van der Waals surface area (Å²) in [7, 11) is 0. The molecule has 0 saturated carbocycles. The van der Waals surface area contributed by atoms with Crippen molar-refractivity contribution in [3.63, 3.8) is 0 Å². The van der Waals surface area contributed by atoms with Crippen molar-refractivity contribution in [3.05, 3.63) is 57.8 Å². The van der Waals surface area contributed by atoms with E-state index in [-0.39, 0.29) is 5.82 Å². The monoisotopic (exact) mass is 367 g/mol. The van der Waals surface area contributed by atoms with E-state index in [4.69, 9.17) is 10.2 Å². The average Bonchev–Trinajstić information content (AvgIpc) is 2.95. The molecule has 0 spiro atoms. The van der Waals surface area contributed by atoms with Crippen molar-refractivity contribution in [2.24, 2.45) is 0 Å². The van der Waals surface area contributed by atoms with Gasteiger partial charge >= 0.3 is 0 Å². The van der Waals surface area contributed by atoms with E-state index < -0.39 is 0 Å². The molecule has 3 rings (SSSR count). The Labute approximate surface area is 142 Å². The van der Waals surface area contributed by atoms with Gasteiger partial charge in [0.25, 0.3) is 0 Å². The van der Waals surface area contributed by atoms with Gasteiger partial charge < -0.3 is 10.2 Å². The van der Waals surface area contributed by atoms with Crippen LogP contribution in [-0.4, -0.2) is 4.98 Å². The highest BCUT2D eigenvalue weighted by Crippen LogP contribution is 2.36. The number of nitrogens with zero attached hydrogens (tertiary/aromatic N) is 2. The smallest absolute Gasteiger partial charge is 0.142 e. The van der Waals surface area contributed by atoms with E-state index in [1.807, 2.05) is 50.2 Å². The van der Waals surface area contributed by atoms with Crippen molar-refractivity contribution in [3.8, 4) is 28.7 Å². The van der Waals surface area contributed by atoms with E-state index in [9.17, 15) is 5.26 Å². The average molecular weight is 368 g/mol. The molecule has 0 atom stereocenters. The lowest BCUT2D eigenvalue weighted by atomic mass is 9.96. The van der Waals surface area contributed by atoms with E-state index in [0.29, 0.717) is 16.9 Å². The van der Waals surface area contributed by atoms with Crippen LogP contribution in [0.2, 0.25) is 0 Å². The summed E-state index contributed by atoms with van der Waals surface area (Å²) >= 11 is 3.42. The van der Waals surface area contributed by atoms with E-state index in [2.05, 4.69) is 27.0 Å². The molecule has 0 aliphatic carbocycles. The molecule has 4 nitrogen and oxygen atoms in total. The number of furan rings is 1. The number of nitriles is 1. The number of hydrogen-bond acceptors (Lipinski definition) is 4.